The van der Waals surface area contributed by atoms with Crippen LogP contribution in [-0.4, -0.2) is 117 Å². The summed E-state index contributed by atoms with van der Waals surface area (Å²) in [6, 6.07) is 0. The number of carboxylic acid groups (broad SMARTS) is 1. The summed E-state index contributed by atoms with van der Waals surface area (Å²) < 4.78 is 0. The summed E-state index contributed by atoms with van der Waals surface area (Å²) in [4.78, 5) is 10.2. The molecule has 0 aliphatic heterocycles. The van der Waals surface area contributed by atoms with Crippen LogP contribution in [0.3, 0.4) is 0 Å². The third-order valence-corrected chi connectivity index (χ3v) is 1.86. The van der Waals surface area contributed by atoms with Gasteiger partial charge in [0.15, 0.2) is 6.10 Å². The Morgan fingerprint density at radius 3 is 1.65 bits per heavy atom. The van der Waals surface area contributed by atoms with Gasteiger partial charge >= 0.3 is 35.5 Å². The predicted molar refractivity (Wildman–Crippen MR) is 61.8 cm³/mol. The van der Waals surface area contributed by atoms with Gasteiger partial charge in [0.05, 0.1) is 15.0 Å². The Morgan fingerprint density at radius 1 is 0.941 bits per heavy atom. The van der Waals surface area contributed by atoms with Gasteiger partial charge < -0.3 is 35.7 Å². The number of carbonyl (C=O) groups is 1. The third kappa shape index (κ3) is 6.70. The number of carboxylic acids is 1. The predicted octanol–water partition coefficient (Wildman–Crippen LogP) is -5.96. The summed E-state index contributed by atoms with van der Waals surface area (Å²) in [5.74, 6) is -1.78. The molecule has 0 aromatic heterocycles. The Labute approximate surface area is 121 Å². The second-order valence-corrected chi connectivity index (χ2v) is 3.00. The van der Waals surface area contributed by atoms with E-state index in [4.69, 9.17) is 35.7 Å². The average Bonchev–Trinajstić information content (AvgIpc) is 2.23. The first-order valence-electron chi connectivity index (χ1n) is 4.07. The number of aliphatic hydroxyl groups excluding tert-OH is 6. The molecule has 0 aromatic carbocycles. The van der Waals surface area contributed by atoms with E-state index in [-0.39, 0.29) is 38.0 Å². The zero-order valence-electron chi connectivity index (χ0n) is 7.63. The minimum absolute atomic E-state index is 0. The van der Waals surface area contributed by atoms with Crippen LogP contribution in [0.15, 0.2) is 0 Å². The Balaban J connectivity index is -0.000000980. The topological polar surface area (TPSA) is 159 Å². The van der Waals surface area contributed by atoms with Crippen molar-refractivity contribution in [3.05, 3.63) is 0 Å². The van der Waals surface area contributed by atoms with E-state index in [1.807, 2.05) is 0 Å². The molecular formula is C7H18BNaO8. The summed E-state index contributed by atoms with van der Waals surface area (Å²) in [6.45, 7) is -0.881. The van der Waals surface area contributed by atoms with E-state index in [9.17, 15) is 4.79 Å². The quantitative estimate of drug-likeness (QED) is 0.233. The Kier molecular flexibility index (Phi) is 13.5. The van der Waals surface area contributed by atoms with Gasteiger partial charge in [0, 0.05) is 0 Å². The van der Waals surface area contributed by atoms with E-state index in [0.717, 1.165) is 0 Å². The van der Waals surface area contributed by atoms with E-state index >= 15 is 0 Å². The van der Waals surface area contributed by atoms with Gasteiger partial charge in [0.25, 0.3) is 0 Å². The minimum atomic E-state index is -2.29. The maximum atomic E-state index is 10.2. The van der Waals surface area contributed by atoms with Crippen LogP contribution in [0.5, 0.6) is 0 Å². The zero-order valence-corrected chi connectivity index (χ0v) is 7.63. The van der Waals surface area contributed by atoms with Crippen molar-refractivity contribution in [1.82, 2.24) is 0 Å². The molecule has 0 spiro atoms. The van der Waals surface area contributed by atoms with Gasteiger partial charge in [-0.05, 0) is 0 Å². The van der Waals surface area contributed by atoms with E-state index in [1.54, 1.807) is 0 Å². The first-order valence-corrected chi connectivity index (χ1v) is 4.07. The molecule has 0 aromatic rings. The van der Waals surface area contributed by atoms with Crippen LogP contribution < -0.4 is 0 Å². The van der Waals surface area contributed by atoms with Gasteiger partial charge in [-0.15, -0.1) is 0 Å². The van der Waals surface area contributed by atoms with Crippen LogP contribution in [0.4, 0.5) is 0 Å². The van der Waals surface area contributed by atoms with Crippen molar-refractivity contribution in [2.24, 2.45) is 0 Å². The second kappa shape index (κ2) is 10.2. The average molecular weight is 264 g/mol. The molecule has 0 saturated heterocycles. The van der Waals surface area contributed by atoms with Gasteiger partial charge in [-0.3, -0.25) is 0 Å². The van der Waals surface area contributed by atoms with Crippen LogP contribution in [0.25, 0.3) is 0 Å². The maximum absolute atomic E-state index is 10.2. The molecule has 8 nitrogen and oxygen atoms in total. The fourth-order valence-corrected chi connectivity index (χ4v) is 0.870. The van der Waals surface area contributed by atoms with Crippen molar-refractivity contribution in [3.63, 3.8) is 0 Å². The Bertz CT molecular complexity index is 218. The first kappa shape index (κ1) is 22.5. The van der Waals surface area contributed by atoms with Gasteiger partial charge in [-0.25, -0.2) is 4.79 Å². The van der Waals surface area contributed by atoms with Crippen LogP contribution >= 0.6 is 0 Å². The van der Waals surface area contributed by atoms with Crippen LogP contribution in [0.2, 0.25) is 0 Å². The molecule has 5 atom stereocenters. The SMILES string of the molecule is B.O=C(O)[C@H](O)[C@@H](O)[C@H](O)[C@H](O)C(O)CO.[NaH]. The summed E-state index contributed by atoms with van der Waals surface area (Å²) in [5, 5.41) is 61.5. The van der Waals surface area contributed by atoms with Gasteiger partial charge in [-0.1, -0.05) is 0 Å². The molecule has 0 amide bonds. The molecule has 0 radical (unpaired) electrons. The summed E-state index contributed by atoms with van der Waals surface area (Å²) >= 11 is 0. The summed E-state index contributed by atoms with van der Waals surface area (Å²) in [6.07, 6.45) is -10.2. The standard InChI is InChI=1S/C7H14O8.BH3.Na.H/c8-1-2(9)3(10)4(11)5(12)6(13)7(14)15;;;/h2-6,8-13H,1H2,(H,14,15);1H3;;/t2?,3-,4-,5+,6-;;;/m1.../s1. The number of hydrogen-bond acceptors (Lipinski definition) is 7. The molecular weight excluding hydrogens is 246 g/mol. The van der Waals surface area contributed by atoms with Crippen molar-refractivity contribution in [2.75, 3.05) is 6.61 Å². The molecule has 0 aliphatic rings. The molecule has 0 fully saturated rings. The monoisotopic (exact) mass is 264 g/mol. The van der Waals surface area contributed by atoms with Crippen LogP contribution in [-0.2, 0) is 4.79 Å². The van der Waals surface area contributed by atoms with E-state index in [1.165, 1.54) is 0 Å². The summed E-state index contributed by atoms with van der Waals surface area (Å²) in [5.41, 5.74) is 0. The number of aliphatic hydroxyl groups is 6. The number of rotatable bonds is 6. The fourth-order valence-electron chi connectivity index (χ4n) is 0.870. The molecule has 0 heterocycles. The molecule has 7 N–H and O–H groups in total. The van der Waals surface area contributed by atoms with Gasteiger partial charge in [0.1, 0.15) is 24.4 Å². The van der Waals surface area contributed by atoms with Crippen molar-refractivity contribution >= 4 is 43.9 Å². The van der Waals surface area contributed by atoms with Gasteiger partial charge in [-0.2, -0.15) is 0 Å². The molecule has 0 bridgehead atoms. The van der Waals surface area contributed by atoms with Crippen molar-refractivity contribution in [2.45, 2.75) is 30.5 Å². The van der Waals surface area contributed by atoms with Crippen LogP contribution in [0.1, 0.15) is 0 Å². The van der Waals surface area contributed by atoms with Crippen molar-refractivity contribution in [3.8, 4) is 0 Å². The van der Waals surface area contributed by atoms with E-state index in [0.29, 0.717) is 0 Å². The van der Waals surface area contributed by atoms with Crippen LogP contribution in [0, 0.1) is 0 Å². The normalized spacial score (nSPS) is 18.9. The molecule has 0 saturated carbocycles. The fraction of sp³-hybridized carbons (Fsp3) is 0.857. The Morgan fingerprint density at radius 2 is 1.35 bits per heavy atom. The summed E-state index contributed by atoms with van der Waals surface area (Å²) in [7, 11) is 0. The first-order chi connectivity index (χ1) is 6.82. The molecule has 10 heteroatoms. The van der Waals surface area contributed by atoms with Crippen molar-refractivity contribution in [1.29, 1.82) is 0 Å². The van der Waals surface area contributed by atoms with Gasteiger partial charge in [0.2, 0.25) is 0 Å². The molecule has 0 aliphatic carbocycles. The molecule has 1 unspecified atom stereocenters. The number of hydrogen-bond donors (Lipinski definition) is 7. The molecule has 17 heavy (non-hydrogen) atoms. The van der Waals surface area contributed by atoms with E-state index in [2.05, 4.69) is 0 Å². The van der Waals surface area contributed by atoms with Crippen molar-refractivity contribution < 1.29 is 40.5 Å². The zero-order chi connectivity index (χ0) is 12.2. The number of aliphatic carboxylic acids is 1. The third-order valence-electron chi connectivity index (χ3n) is 1.86. The molecule has 0 rings (SSSR count). The Hall–Kier alpha value is 0.295. The van der Waals surface area contributed by atoms with E-state index < -0.39 is 43.1 Å². The molecule has 98 valence electrons. The second-order valence-electron chi connectivity index (χ2n) is 3.00.